The third-order valence-corrected chi connectivity index (χ3v) is 5.60. The maximum absolute atomic E-state index is 12.3. The molecule has 6 nitrogen and oxygen atoms in total. The lowest BCUT2D eigenvalue weighted by Gasteiger charge is -2.17. The highest BCUT2D eigenvalue weighted by Crippen LogP contribution is 2.31. The van der Waals surface area contributed by atoms with E-state index in [4.69, 9.17) is 16.3 Å². The van der Waals surface area contributed by atoms with Crippen molar-refractivity contribution in [2.75, 3.05) is 23.4 Å². The second-order valence-corrected chi connectivity index (χ2v) is 7.74. The Morgan fingerprint density at radius 3 is 2.75 bits per heavy atom. The molecular formula is C20H18BrClN2O4. The summed E-state index contributed by atoms with van der Waals surface area (Å²) in [5.41, 5.74) is 2.15. The van der Waals surface area contributed by atoms with Crippen LogP contribution in [0.25, 0.3) is 0 Å². The molecule has 0 unspecified atom stereocenters. The first-order valence-electron chi connectivity index (χ1n) is 8.62. The number of para-hydroxylation sites is 1. The van der Waals surface area contributed by atoms with Crippen LogP contribution in [0, 0.1) is 12.8 Å². The molecule has 0 radical (unpaired) electrons. The van der Waals surface area contributed by atoms with Gasteiger partial charge in [-0.1, -0.05) is 39.7 Å². The third-order valence-electron chi connectivity index (χ3n) is 4.39. The number of aryl methyl sites for hydroxylation is 1. The summed E-state index contributed by atoms with van der Waals surface area (Å²) in [6.07, 6.45) is 0.0254. The van der Waals surface area contributed by atoms with Gasteiger partial charge in [0.1, 0.15) is 0 Å². The van der Waals surface area contributed by atoms with Crippen molar-refractivity contribution in [3.63, 3.8) is 0 Å². The van der Waals surface area contributed by atoms with Crippen LogP contribution in [-0.2, 0) is 19.1 Å². The molecule has 2 aromatic rings. The van der Waals surface area contributed by atoms with Crippen LogP contribution in [0.15, 0.2) is 46.9 Å². The van der Waals surface area contributed by atoms with Crippen molar-refractivity contribution in [2.24, 2.45) is 5.92 Å². The van der Waals surface area contributed by atoms with Crippen LogP contribution in [-0.4, -0.2) is 30.9 Å². The summed E-state index contributed by atoms with van der Waals surface area (Å²) < 4.78 is 6.04. The van der Waals surface area contributed by atoms with Gasteiger partial charge >= 0.3 is 5.97 Å². The van der Waals surface area contributed by atoms with E-state index >= 15 is 0 Å². The van der Waals surface area contributed by atoms with Crippen LogP contribution in [0.3, 0.4) is 0 Å². The average molecular weight is 466 g/mol. The molecule has 146 valence electrons. The number of carbonyl (C=O) groups is 3. The summed E-state index contributed by atoms with van der Waals surface area (Å²) in [6.45, 7) is 1.67. The number of hydrogen-bond acceptors (Lipinski definition) is 4. The number of anilines is 2. The highest BCUT2D eigenvalue weighted by atomic mass is 79.9. The monoisotopic (exact) mass is 464 g/mol. The molecule has 2 amide bonds. The van der Waals surface area contributed by atoms with Crippen LogP contribution in [0.5, 0.6) is 0 Å². The molecule has 1 saturated heterocycles. The van der Waals surface area contributed by atoms with Crippen molar-refractivity contribution in [3.05, 3.63) is 57.5 Å². The summed E-state index contributed by atoms with van der Waals surface area (Å²) in [6, 6.07) is 12.3. The van der Waals surface area contributed by atoms with Crippen LogP contribution in [0.2, 0.25) is 5.02 Å². The molecule has 1 heterocycles. The summed E-state index contributed by atoms with van der Waals surface area (Å²) in [5.74, 6) is -1.86. The fraction of sp³-hybridized carbons (Fsp3) is 0.250. The minimum atomic E-state index is -0.633. The van der Waals surface area contributed by atoms with Crippen molar-refractivity contribution in [3.8, 4) is 0 Å². The van der Waals surface area contributed by atoms with Crippen molar-refractivity contribution < 1.29 is 19.1 Å². The Morgan fingerprint density at radius 2 is 2.04 bits per heavy atom. The number of rotatable bonds is 5. The normalized spacial score (nSPS) is 16.2. The van der Waals surface area contributed by atoms with Crippen molar-refractivity contribution >= 4 is 56.7 Å². The van der Waals surface area contributed by atoms with Gasteiger partial charge in [0.15, 0.2) is 6.61 Å². The van der Waals surface area contributed by atoms with Gasteiger partial charge < -0.3 is 15.0 Å². The van der Waals surface area contributed by atoms with Gasteiger partial charge in [-0.2, -0.15) is 0 Å². The smallest absolute Gasteiger partial charge is 0.311 e. The summed E-state index contributed by atoms with van der Waals surface area (Å²) >= 11 is 9.52. The third kappa shape index (κ3) is 4.72. The molecule has 0 saturated carbocycles. The molecule has 0 bridgehead atoms. The number of halogens is 2. The summed E-state index contributed by atoms with van der Waals surface area (Å²) in [7, 11) is 0. The lowest BCUT2D eigenvalue weighted by atomic mass is 10.1. The maximum Gasteiger partial charge on any atom is 0.311 e. The Hall–Kier alpha value is -2.38. The van der Waals surface area contributed by atoms with Crippen molar-refractivity contribution in [2.45, 2.75) is 13.3 Å². The number of hydrogen-bond donors (Lipinski definition) is 1. The van der Waals surface area contributed by atoms with Gasteiger partial charge in [-0.05, 0) is 42.8 Å². The molecule has 1 N–H and O–H groups in total. The van der Waals surface area contributed by atoms with Gasteiger partial charge in [0.25, 0.3) is 5.91 Å². The van der Waals surface area contributed by atoms with Gasteiger partial charge in [-0.25, -0.2) is 0 Å². The van der Waals surface area contributed by atoms with E-state index in [2.05, 4.69) is 21.2 Å². The predicted octanol–water partition coefficient (Wildman–Crippen LogP) is 3.95. The second kappa shape index (κ2) is 8.75. The Labute approximate surface area is 175 Å². The van der Waals surface area contributed by atoms with Gasteiger partial charge in [-0.3, -0.25) is 14.4 Å². The highest BCUT2D eigenvalue weighted by Gasteiger charge is 2.37. The van der Waals surface area contributed by atoms with Crippen LogP contribution < -0.4 is 10.2 Å². The summed E-state index contributed by atoms with van der Waals surface area (Å²) in [5, 5.41) is 3.11. The van der Waals surface area contributed by atoms with E-state index in [0.717, 1.165) is 10.0 Å². The van der Waals surface area contributed by atoms with Crippen LogP contribution >= 0.6 is 27.5 Å². The molecule has 1 fully saturated rings. The number of benzene rings is 2. The van der Waals surface area contributed by atoms with Crippen LogP contribution in [0.1, 0.15) is 12.0 Å². The average Bonchev–Trinajstić information content (AvgIpc) is 3.05. The number of nitrogens with one attached hydrogen (secondary N) is 1. The van der Waals surface area contributed by atoms with Gasteiger partial charge in [0, 0.05) is 23.1 Å². The van der Waals surface area contributed by atoms with Gasteiger partial charge in [0.2, 0.25) is 5.91 Å². The van der Waals surface area contributed by atoms with E-state index in [1.807, 2.05) is 13.0 Å². The first-order valence-corrected chi connectivity index (χ1v) is 9.80. The van der Waals surface area contributed by atoms with E-state index in [-0.39, 0.29) is 18.9 Å². The lowest BCUT2D eigenvalue weighted by Crippen LogP contribution is -2.28. The quantitative estimate of drug-likeness (QED) is 0.679. The molecular weight excluding hydrogens is 448 g/mol. The largest absolute Gasteiger partial charge is 0.455 e. The Balaban J connectivity index is 1.54. The minimum absolute atomic E-state index is 0.0254. The van der Waals surface area contributed by atoms with Crippen molar-refractivity contribution in [1.82, 2.24) is 0 Å². The highest BCUT2D eigenvalue weighted by molar-refractivity contribution is 9.10. The molecule has 2 aromatic carbocycles. The molecule has 1 atom stereocenters. The molecule has 0 aliphatic carbocycles. The van der Waals surface area contributed by atoms with E-state index in [9.17, 15) is 14.4 Å². The fourth-order valence-corrected chi connectivity index (χ4v) is 3.43. The van der Waals surface area contributed by atoms with E-state index in [1.54, 1.807) is 36.4 Å². The Morgan fingerprint density at radius 1 is 1.29 bits per heavy atom. The zero-order valence-corrected chi connectivity index (χ0v) is 17.4. The molecule has 0 spiro atoms. The first kappa shape index (κ1) is 20.4. The molecule has 28 heavy (non-hydrogen) atoms. The molecule has 0 aromatic heterocycles. The second-order valence-electron chi connectivity index (χ2n) is 6.48. The zero-order chi connectivity index (χ0) is 20.3. The van der Waals surface area contributed by atoms with Crippen molar-refractivity contribution in [1.29, 1.82) is 0 Å². The standard InChI is InChI=1S/C20H18BrClN2O4/c1-12-8-14(6-7-15(12)21)23-18(25)11-28-20(27)13-9-19(26)24(10-13)17-5-3-2-4-16(17)22/h2-8,13H,9-11H2,1H3,(H,23,25)/t13-/m1/s1. The van der Waals surface area contributed by atoms with Gasteiger partial charge in [-0.15, -0.1) is 0 Å². The number of carbonyl (C=O) groups excluding carboxylic acids is 3. The zero-order valence-electron chi connectivity index (χ0n) is 15.1. The van der Waals surface area contributed by atoms with Gasteiger partial charge in [0.05, 0.1) is 16.6 Å². The fourth-order valence-electron chi connectivity index (χ4n) is 2.94. The van der Waals surface area contributed by atoms with E-state index in [0.29, 0.717) is 16.4 Å². The topological polar surface area (TPSA) is 75.7 Å². The molecule has 1 aliphatic heterocycles. The number of amides is 2. The molecule has 3 rings (SSSR count). The number of ether oxygens (including phenoxy) is 1. The minimum Gasteiger partial charge on any atom is -0.455 e. The van der Waals surface area contributed by atoms with E-state index < -0.39 is 24.4 Å². The predicted molar refractivity (Wildman–Crippen MR) is 110 cm³/mol. The van der Waals surface area contributed by atoms with E-state index in [1.165, 1.54) is 4.90 Å². The number of esters is 1. The molecule has 8 heteroatoms. The number of nitrogens with zero attached hydrogens (tertiary/aromatic N) is 1. The van der Waals surface area contributed by atoms with Crippen LogP contribution in [0.4, 0.5) is 11.4 Å². The Kier molecular flexibility index (Phi) is 6.36. The SMILES string of the molecule is Cc1cc(NC(=O)COC(=O)[C@@H]2CC(=O)N(c3ccccc3Cl)C2)ccc1Br. The first-order chi connectivity index (χ1) is 13.3. The summed E-state index contributed by atoms with van der Waals surface area (Å²) in [4.78, 5) is 38.0. The maximum atomic E-state index is 12.3. The Bertz CT molecular complexity index is 934. The lowest BCUT2D eigenvalue weighted by molar-refractivity contribution is -0.151. The molecule has 1 aliphatic rings.